The normalized spacial score (nSPS) is 13.0. The third-order valence-electron chi connectivity index (χ3n) is 3.53. The van der Waals surface area contributed by atoms with Gasteiger partial charge >= 0.3 is 6.18 Å². The zero-order valence-electron chi connectivity index (χ0n) is 12.2. The fraction of sp³-hybridized carbons (Fsp3) is 0.312. The topological polar surface area (TPSA) is 33.5 Å². The van der Waals surface area contributed by atoms with Gasteiger partial charge in [-0.2, -0.15) is 13.2 Å². The van der Waals surface area contributed by atoms with Crippen molar-refractivity contribution in [2.45, 2.75) is 26.1 Å². The minimum absolute atomic E-state index is 0.277. The molecule has 1 unspecified atom stereocenters. The molecule has 0 fully saturated rings. The zero-order valence-corrected chi connectivity index (χ0v) is 12.2. The highest BCUT2D eigenvalue weighted by Gasteiger charge is 2.31. The van der Waals surface area contributed by atoms with Crippen LogP contribution in [0.4, 0.5) is 13.2 Å². The van der Waals surface area contributed by atoms with Crippen molar-refractivity contribution in [1.29, 1.82) is 0 Å². The Labute approximate surface area is 126 Å². The number of carbonyl (C=O) groups excluding carboxylic acids is 1. The van der Waals surface area contributed by atoms with E-state index in [1.807, 2.05) is 0 Å². The minimum atomic E-state index is -4.40. The lowest BCUT2D eigenvalue weighted by Gasteiger charge is -2.28. The first-order valence-corrected chi connectivity index (χ1v) is 6.85. The van der Waals surface area contributed by atoms with Crippen molar-refractivity contribution < 1.29 is 22.4 Å². The predicted molar refractivity (Wildman–Crippen MR) is 75.3 cm³/mol. The van der Waals surface area contributed by atoms with Crippen LogP contribution >= 0.6 is 0 Å². The van der Waals surface area contributed by atoms with E-state index in [9.17, 15) is 18.0 Å². The molecule has 118 valence electrons. The fourth-order valence-electron chi connectivity index (χ4n) is 2.30. The molecule has 22 heavy (non-hydrogen) atoms. The Morgan fingerprint density at radius 3 is 2.59 bits per heavy atom. The number of amides is 1. The van der Waals surface area contributed by atoms with Gasteiger partial charge in [0, 0.05) is 6.54 Å². The molecule has 0 radical (unpaired) electrons. The largest absolute Gasteiger partial charge is 0.472 e. The number of hydrogen-bond acceptors (Lipinski definition) is 2. The summed E-state index contributed by atoms with van der Waals surface area (Å²) < 4.78 is 43.3. The molecule has 0 saturated heterocycles. The Balaban J connectivity index is 2.29. The van der Waals surface area contributed by atoms with Crippen LogP contribution in [-0.4, -0.2) is 17.4 Å². The van der Waals surface area contributed by atoms with Crippen LogP contribution in [0.5, 0.6) is 0 Å². The van der Waals surface area contributed by atoms with Gasteiger partial charge in [0.2, 0.25) is 0 Å². The molecule has 1 aromatic carbocycles. The third kappa shape index (κ3) is 3.32. The summed E-state index contributed by atoms with van der Waals surface area (Å²) >= 11 is 0. The van der Waals surface area contributed by atoms with E-state index in [1.165, 1.54) is 29.6 Å². The summed E-state index contributed by atoms with van der Waals surface area (Å²) in [5.74, 6) is -0.277. The molecule has 0 saturated carbocycles. The molecular weight excluding hydrogens is 295 g/mol. The van der Waals surface area contributed by atoms with Gasteiger partial charge < -0.3 is 9.32 Å². The quantitative estimate of drug-likeness (QED) is 0.831. The highest BCUT2D eigenvalue weighted by molar-refractivity contribution is 5.94. The maximum atomic E-state index is 12.8. The Morgan fingerprint density at radius 2 is 2.05 bits per heavy atom. The number of hydrogen-bond donors (Lipinski definition) is 0. The number of benzene rings is 1. The molecular formula is C16H16F3NO2. The molecule has 2 rings (SSSR count). The van der Waals surface area contributed by atoms with E-state index in [2.05, 4.69) is 0 Å². The standard InChI is InChI=1S/C16H16F3NO2/c1-3-20(15(21)13-7-8-22-10-13)11(2)12-5-4-6-14(9-12)16(17,18)19/h4-11H,3H2,1-2H3. The van der Waals surface area contributed by atoms with Crippen molar-refractivity contribution >= 4 is 5.91 Å². The zero-order chi connectivity index (χ0) is 16.3. The van der Waals surface area contributed by atoms with Crippen molar-refractivity contribution in [2.75, 3.05) is 6.54 Å². The minimum Gasteiger partial charge on any atom is -0.472 e. The first-order chi connectivity index (χ1) is 10.3. The molecule has 0 N–H and O–H groups in total. The Morgan fingerprint density at radius 1 is 1.32 bits per heavy atom. The van der Waals surface area contributed by atoms with Gasteiger partial charge in [0.05, 0.1) is 23.4 Å². The molecule has 0 aliphatic carbocycles. The van der Waals surface area contributed by atoms with E-state index in [0.29, 0.717) is 17.7 Å². The van der Waals surface area contributed by atoms with Crippen LogP contribution in [0.25, 0.3) is 0 Å². The number of halogens is 3. The molecule has 0 aliphatic heterocycles. The Kier molecular flexibility index (Phi) is 4.59. The SMILES string of the molecule is CCN(C(=O)c1ccoc1)C(C)c1cccc(C(F)(F)F)c1. The third-order valence-corrected chi connectivity index (χ3v) is 3.53. The van der Waals surface area contributed by atoms with E-state index in [-0.39, 0.29) is 5.91 Å². The lowest BCUT2D eigenvalue weighted by atomic mass is 10.0. The van der Waals surface area contributed by atoms with Crippen LogP contribution in [0, 0.1) is 0 Å². The van der Waals surface area contributed by atoms with Gasteiger partial charge in [-0.3, -0.25) is 4.79 Å². The van der Waals surface area contributed by atoms with Crippen molar-refractivity contribution in [3.63, 3.8) is 0 Å². The van der Waals surface area contributed by atoms with E-state index in [0.717, 1.165) is 12.1 Å². The lowest BCUT2D eigenvalue weighted by molar-refractivity contribution is -0.137. The molecule has 1 amide bonds. The van der Waals surface area contributed by atoms with Gasteiger partial charge in [0.1, 0.15) is 6.26 Å². The van der Waals surface area contributed by atoms with Gasteiger partial charge in [0.15, 0.2) is 0 Å². The fourth-order valence-corrected chi connectivity index (χ4v) is 2.30. The van der Waals surface area contributed by atoms with Crippen LogP contribution in [0.3, 0.4) is 0 Å². The number of rotatable bonds is 4. The first kappa shape index (κ1) is 16.1. The lowest BCUT2D eigenvalue weighted by Crippen LogP contribution is -2.33. The molecule has 0 spiro atoms. The Hall–Kier alpha value is -2.24. The predicted octanol–water partition coefficient (Wildman–Crippen LogP) is 4.52. The summed E-state index contributed by atoms with van der Waals surface area (Å²) in [6.45, 7) is 3.86. The van der Waals surface area contributed by atoms with E-state index >= 15 is 0 Å². The van der Waals surface area contributed by atoms with Crippen LogP contribution in [-0.2, 0) is 6.18 Å². The second kappa shape index (κ2) is 6.25. The van der Waals surface area contributed by atoms with E-state index in [1.54, 1.807) is 19.9 Å². The summed E-state index contributed by atoms with van der Waals surface area (Å²) in [5, 5.41) is 0. The van der Waals surface area contributed by atoms with E-state index < -0.39 is 17.8 Å². The second-order valence-electron chi connectivity index (χ2n) is 4.90. The van der Waals surface area contributed by atoms with Crippen molar-refractivity contribution in [3.05, 3.63) is 59.5 Å². The number of carbonyl (C=O) groups is 1. The average molecular weight is 311 g/mol. The highest BCUT2D eigenvalue weighted by atomic mass is 19.4. The summed E-state index contributed by atoms with van der Waals surface area (Å²) in [4.78, 5) is 13.9. The van der Waals surface area contributed by atoms with Crippen molar-refractivity contribution in [3.8, 4) is 0 Å². The number of alkyl halides is 3. The summed E-state index contributed by atoms with van der Waals surface area (Å²) in [5.41, 5.74) is 0.0952. The highest BCUT2D eigenvalue weighted by Crippen LogP contribution is 2.32. The molecule has 2 aromatic rings. The van der Waals surface area contributed by atoms with Crippen molar-refractivity contribution in [2.24, 2.45) is 0 Å². The van der Waals surface area contributed by atoms with Crippen molar-refractivity contribution in [1.82, 2.24) is 4.90 Å². The second-order valence-corrected chi connectivity index (χ2v) is 4.90. The van der Waals surface area contributed by atoms with Crippen LogP contribution < -0.4 is 0 Å². The maximum Gasteiger partial charge on any atom is 0.416 e. The monoisotopic (exact) mass is 311 g/mol. The summed E-state index contributed by atoms with van der Waals surface area (Å²) in [6, 6.07) is 6.09. The maximum absolute atomic E-state index is 12.8. The van der Waals surface area contributed by atoms with Crippen LogP contribution in [0.1, 0.15) is 41.4 Å². The average Bonchev–Trinajstić information content (AvgIpc) is 3.01. The van der Waals surface area contributed by atoms with Gasteiger partial charge in [0.25, 0.3) is 5.91 Å². The van der Waals surface area contributed by atoms with Crippen LogP contribution in [0.15, 0.2) is 47.3 Å². The number of furan rings is 1. The molecule has 1 aromatic heterocycles. The van der Waals surface area contributed by atoms with Gasteiger partial charge in [-0.1, -0.05) is 12.1 Å². The summed E-state index contributed by atoms with van der Waals surface area (Å²) in [7, 11) is 0. The van der Waals surface area contributed by atoms with Crippen LogP contribution in [0.2, 0.25) is 0 Å². The van der Waals surface area contributed by atoms with Gasteiger partial charge in [-0.25, -0.2) is 0 Å². The number of nitrogens with zero attached hydrogens (tertiary/aromatic N) is 1. The molecule has 1 atom stereocenters. The summed E-state index contributed by atoms with van der Waals surface area (Å²) in [6.07, 6.45) is -1.69. The molecule has 6 heteroatoms. The smallest absolute Gasteiger partial charge is 0.416 e. The molecule has 0 aliphatic rings. The molecule has 0 bridgehead atoms. The van der Waals surface area contributed by atoms with Gasteiger partial charge in [-0.05, 0) is 37.6 Å². The Bertz CT molecular complexity index is 635. The van der Waals surface area contributed by atoms with E-state index in [4.69, 9.17) is 4.42 Å². The molecule has 3 nitrogen and oxygen atoms in total. The molecule has 1 heterocycles. The van der Waals surface area contributed by atoms with Gasteiger partial charge in [-0.15, -0.1) is 0 Å². The first-order valence-electron chi connectivity index (χ1n) is 6.85.